The fourth-order valence-corrected chi connectivity index (χ4v) is 3.37. The number of carbonyl (C=O) groups excluding carboxylic acids is 1. The van der Waals surface area contributed by atoms with Crippen molar-refractivity contribution in [3.05, 3.63) is 67.7 Å². The predicted molar refractivity (Wildman–Crippen MR) is 113 cm³/mol. The van der Waals surface area contributed by atoms with Crippen LogP contribution in [0.1, 0.15) is 24.0 Å². The van der Waals surface area contributed by atoms with Crippen LogP contribution in [0.5, 0.6) is 0 Å². The first kappa shape index (κ1) is 24.3. The van der Waals surface area contributed by atoms with Gasteiger partial charge in [-0.1, -0.05) is 23.2 Å². The third-order valence-corrected chi connectivity index (χ3v) is 5.10. The molecule has 0 amide bonds. The van der Waals surface area contributed by atoms with E-state index in [1.807, 2.05) is 0 Å². The smallest absolute Gasteiger partial charge is 0.416 e. The number of nitriles is 1. The number of alkyl halides is 3. The number of halogens is 5. The highest BCUT2D eigenvalue weighted by Gasteiger charge is 2.34. The van der Waals surface area contributed by atoms with Gasteiger partial charge in [0.25, 0.3) is 5.69 Å². The average molecular weight is 501 g/mol. The van der Waals surface area contributed by atoms with Crippen LogP contribution in [0.15, 0.2) is 41.5 Å². The fraction of sp³-hybridized carbons (Fsp3) is 0.250. The maximum Gasteiger partial charge on any atom is 0.416 e. The summed E-state index contributed by atoms with van der Waals surface area (Å²) in [5.74, 6) is -0.817. The molecule has 3 rings (SSSR count). The second kappa shape index (κ2) is 9.64. The van der Waals surface area contributed by atoms with Crippen LogP contribution >= 0.6 is 23.2 Å². The summed E-state index contributed by atoms with van der Waals surface area (Å²) in [6.07, 6.45) is -3.42. The topological polar surface area (TPSA) is 109 Å². The molecule has 0 heterocycles. The van der Waals surface area contributed by atoms with Crippen molar-refractivity contribution < 1.29 is 27.6 Å². The minimum Gasteiger partial charge on any atom is -0.442 e. The summed E-state index contributed by atoms with van der Waals surface area (Å²) in [5, 5.41) is 24.5. The number of anilines is 1. The Kier molecular flexibility index (Phi) is 7.09. The number of carbonyl (C=O) groups is 1. The van der Waals surface area contributed by atoms with Crippen molar-refractivity contribution in [1.82, 2.24) is 0 Å². The van der Waals surface area contributed by atoms with Crippen molar-refractivity contribution in [3.8, 4) is 6.07 Å². The summed E-state index contributed by atoms with van der Waals surface area (Å²) in [7, 11) is 0. The number of ether oxygens (including phenoxy) is 1. The number of nitro groups is 1. The predicted octanol–water partition coefficient (Wildman–Crippen LogP) is 5.57. The van der Waals surface area contributed by atoms with E-state index in [0.29, 0.717) is 25.0 Å². The Balaban J connectivity index is 2.02. The van der Waals surface area contributed by atoms with Gasteiger partial charge in [-0.05, 0) is 37.1 Å². The molecule has 2 aromatic rings. The Hall–Kier alpha value is -3.36. The molecule has 0 saturated heterocycles. The van der Waals surface area contributed by atoms with Crippen LogP contribution in [0, 0.1) is 27.4 Å². The summed E-state index contributed by atoms with van der Waals surface area (Å²) < 4.78 is 44.4. The van der Waals surface area contributed by atoms with Crippen molar-refractivity contribution in [2.24, 2.45) is 11.0 Å². The van der Waals surface area contributed by atoms with E-state index in [1.165, 1.54) is 12.1 Å². The minimum absolute atomic E-state index is 0.167. The largest absolute Gasteiger partial charge is 0.442 e. The molecule has 0 bridgehead atoms. The standard InChI is InChI=1S/C20H13Cl2F3N4O4/c21-15-7-13(20(23,24)25)8-16(22)18(15)28(10-33-19(30)12-1-2-12)27-17(9-26)11-3-5-14(6-4-11)29(31)32/h3-8,12H,1-2,10H2/b27-17+. The Labute approximate surface area is 194 Å². The van der Waals surface area contributed by atoms with Crippen LogP contribution in [0.25, 0.3) is 0 Å². The van der Waals surface area contributed by atoms with Gasteiger partial charge in [-0.25, -0.2) is 5.01 Å². The molecule has 1 aliphatic carbocycles. The first-order valence-electron chi connectivity index (χ1n) is 9.25. The number of nitrogens with zero attached hydrogens (tertiary/aromatic N) is 4. The number of benzene rings is 2. The third kappa shape index (κ3) is 5.91. The van der Waals surface area contributed by atoms with Gasteiger partial charge in [-0.2, -0.15) is 23.5 Å². The quantitative estimate of drug-likeness (QED) is 0.162. The third-order valence-electron chi connectivity index (χ3n) is 4.52. The molecule has 0 spiro atoms. The SMILES string of the molecule is N#C/C(=N\N(COC(=O)C1CC1)c1c(Cl)cc(C(F)(F)F)cc1Cl)c1ccc([N+](=O)[O-])cc1. The number of hydrogen-bond donors (Lipinski definition) is 0. The van der Waals surface area contributed by atoms with E-state index >= 15 is 0 Å². The van der Waals surface area contributed by atoms with Gasteiger partial charge in [0.2, 0.25) is 0 Å². The summed E-state index contributed by atoms with van der Waals surface area (Å²) >= 11 is 12.1. The number of esters is 1. The minimum atomic E-state index is -4.71. The molecular weight excluding hydrogens is 488 g/mol. The molecule has 1 saturated carbocycles. The molecule has 0 aromatic heterocycles. The van der Waals surface area contributed by atoms with Gasteiger partial charge < -0.3 is 4.74 Å². The lowest BCUT2D eigenvalue weighted by molar-refractivity contribution is -0.384. The molecule has 8 nitrogen and oxygen atoms in total. The van der Waals surface area contributed by atoms with E-state index in [4.69, 9.17) is 27.9 Å². The van der Waals surface area contributed by atoms with E-state index in [0.717, 1.165) is 17.1 Å². The summed E-state index contributed by atoms with van der Waals surface area (Å²) in [5.41, 5.74) is -1.65. The fourth-order valence-electron chi connectivity index (χ4n) is 2.69. The van der Waals surface area contributed by atoms with Crippen LogP contribution in [0.2, 0.25) is 10.0 Å². The van der Waals surface area contributed by atoms with E-state index in [2.05, 4.69) is 5.10 Å². The lowest BCUT2D eigenvalue weighted by Gasteiger charge is -2.23. The molecular formula is C20H13Cl2F3N4O4. The second-order valence-electron chi connectivity index (χ2n) is 6.92. The number of nitro benzene ring substituents is 1. The Morgan fingerprint density at radius 1 is 1.24 bits per heavy atom. The second-order valence-corrected chi connectivity index (χ2v) is 7.73. The van der Waals surface area contributed by atoms with E-state index in [-0.39, 0.29) is 28.6 Å². The Bertz CT molecular complexity index is 1140. The van der Waals surface area contributed by atoms with Crippen LogP contribution in [0.3, 0.4) is 0 Å². The van der Waals surface area contributed by atoms with E-state index in [9.17, 15) is 33.3 Å². The molecule has 0 aliphatic heterocycles. The zero-order valence-corrected chi connectivity index (χ0v) is 18.0. The number of hydrazone groups is 1. The maximum atomic E-state index is 13.1. The van der Waals surface area contributed by atoms with Crippen molar-refractivity contribution in [1.29, 1.82) is 5.26 Å². The molecule has 1 fully saturated rings. The first-order chi connectivity index (χ1) is 15.5. The van der Waals surface area contributed by atoms with Crippen molar-refractivity contribution in [3.63, 3.8) is 0 Å². The van der Waals surface area contributed by atoms with Gasteiger partial charge in [-0.3, -0.25) is 14.9 Å². The maximum absolute atomic E-state index is 13.1. The van der Waals surface area contributed by atoms with E-state index in [1.54, 1.807) is 6.07 Å². The van der Waals surface area contributed by atoms with Crippen molar-refractivity contribution in [2.75, 3.05) is 11.7 Å². The zero-order valence-electron chi connectivity index (χ0n) is 16.5. The lowest BCUT2D eigenvalue weighted by Crippen LogP contribution is -2.26. The highest BCUT2D eigenvalue weighted by molar-refractivity contribution is 6.39. The summed E-state index contributed by atoms with van der Waals surface area (Å²) in [6.45, 7) is -0.585. The van der Waals surface area contributed by atoms with Crippen molar-refractivity contribution in [2.45, 2.75) is 19.0 Å². The first-order valence-corrected chi connectivity index (χ1v) is 10.0. The number of rotatable bonds is 7. The van der Waals surface area contributed by atoms with Gasteiger partial charge in [0.05, 0.1) is 26.4 Å². The molecule has 0 atom stereocenters. The molecule has 1 aliphatic rings. The van der Waals surface area contributed by atoms with Gasteiger partial charge in [0.1, 0.15) is 11.8 Å². The van der Waals surface area contributed by atoms with E-state index < -0.39 is 39.4 Å². The molecule has 0 unspecified atom stereocenters. The number of non-ortho nitro benzene ring substituents is 1. The highest BCUT2D eigenvalue weighted by Crippen LogP contribution is 2.41. The van der Waals surface area contributed by atoms with Crippen LogP contribution in [-0.4, -0.2) is 23.3 Å². The van der Waals surface area contributed by atoms with Crippen LogP contribution < -0.4 is 5.01 Å². The average Bonchev–Trinajstić information content (AvgIpc) is 3.59. The zero-order chi connectivity index (χ0) is 24.3. The van der Waals surface area contributed by atoms with Gasteiger partial charge in [0.15, 0.2) is 12.4 Å². The number of hydrogen-bond acceptors (Lipinski definition) is 7. The van der Waals surface area contributed by atoms with Gasteiger partial charge >= 0.3 is 12.1 Å². The normalized spacial score (nSPS) is 13.9. The molecule has 13 heteroatoms. The van der Waals surface area contributed by atoms with Gasteiger partial charge in [0, 0.05) is 17.7 Å². The molecule has 33 heavy (non-hydrogen) atoms. The van der Waals surface area contributed by atoms with Crippen LogP contribution in [0.4, 0.5) is 24.5 Å². The lowest BCUT2D eigenvalue weighted by atomic mass is 10.1. The molecule has 0 radical (unpaired) electrons. The van der Waals surface area contributed by atoms with Gasteiger partial charge in [-0.15, -0.1) is 0 Å². The van der Waals surface area contributed by atoms with Crippen molar-refractivity contribution >= 4 is 46.3 Å². The molecule has 172 valence electrons. The molecule has 2 aromatic carbocycles. The Morgan fingerprint density at radius 2 is 1.82 bits per heavy atom. The summed E-state index contributed by atoms with van der Waals surface area (Å²) in [6, 6.07) is 7.90. The highest BCUT2D eigenvalue weighted by atomic mass is 35.5. The Morgan fingerprint density at radius 3 is 2.27 bits per heavy atom. The van der Waals surface area contributed by atoms with Crippen LogP contribution in [-0.2, 0) is 15.7 Å². The monoisotopic (exact) mass is 500 g/mol. The molecule has 0 N–H and O–H groups in total. The summed E-state index contributed by atoms with van der Waals surface area (Å²) in [4.78, 5) is 22.2.